The van der Waals surface area contributed by atoms with Gasteiger partial charge in [0.05, 0.1) is 6.17 Å². The molecule has 4 nitrogen and oxygen atoms in total. The van der Waals surface area contributed by atoms with Crippen LogP contribution in [0, 0.1) is 0 Å². The molecule has 0 saturated heterocycles. The van der Waals surface area contributed by atoms with Gasteiger partial charge in [-0.1, -0.05) is 26.2 Å². The monoisotopic (exact) mass is 261 g/mol. The maximum absolute atomic E-state index is 12.9. The van der Waals surface area contributed by atoms with Crippen LogP contribution in [0.4, 0.5) is 4.39 Å². The van der Waals surface area contributed by atoms with Gasteiger partial charge < -0.3 is 10.0 Å². The fourth-order valence-electron chi connectivity index (χ4n) is 1.68. The Morgan fingerprint density at radius 3 is 2.39 bits per heavy atom. The highest BCUT2D eigenvalue weighted by Gasteiger charge is 2.11. The standard InChI is InChI=1S/C13H24FNO3/c1-3-11(14)8-6-4-5-7-9-12(16)15(2)10-13(17)18/h11H,3-10H2,1-2H3,(H,17,18). The zero-order valence-electron chi connectivity index (χ0n) is 11.3. The van der Waals surface area contributed by atoms with Gasteiger partial charge in [0.1, 0.15) is 6.54 Å². The Labute approximate surface area is 108 Å². The van der Waals surface area contributed by atoms with Gasteiger partial charge in [0, 0.05) is 13.5 Å². The Hall–Kier alpha value is -1.13. The molecule has 18 heavy (non-hydrogen) atoms. The number of carboxylic acids is 1. The highest BCUT2D eigenvalue weighted by molar-refractivity contribution is 5.80. The Kier molecular flexibility index (Phi) is 9.24. The highest BCUT2D eigenvalue weighted by atomic mass is 19.1. The number of carbonyl (C=O) groups excluding carboxylic acids is 1. The lowest BCUT2D eigenvalue weighted by Crippen LogP contribution is -2.31. The molecule has 0 aromatic rings. The summed E-state index contributed by atoms with van der Waals surface area (Å²) in [7, 11) is 1.49. The van der Waals surface area contributed by atoms with Crippen LogP contribution >= 0.6 is 0 Å². The number of aliphatic carboxylic acids is 1. The number of halogens is 1. The molecule has 0 bridgehead atoms. The summed E-state index contributed by atoms with van der Waals surface area (Å²) in [5.74, 6) is -1.14. The second-order valence-corrected chi connectivity index (χ2v) is 4.60. The molecule has 0 aliphatic carbocycles. The molecule has 5 heteroatoms. The smallest absolute Gasteiger partial charge is 0.323 e. The quantitative estimate of drug-likeness (QED) is 0.615. The van der Waals surface area contributed by atoms with Crippen molar-refractivity contribution in [3.05, 3.63) is 0 Å². The molecule has 0 saturated carbocycles. The zero-order chi connectivity index (χ0) is 14.0. The van der Waals surface area contributed by atoms with Crippen molar-refractivity contribution >= 4 is 11.9 Å². The molecule has 0 aromatic carbocycles. The van der Waals surface area contributed by atoms with Gasteiger partial charge in [-0.2, -0.15) is 0 Å². The largest absolute Gasteiger partial charge is 0.480 e. The SMILES string of the molecule is CCC(F)CCCCCCC(=O)N(C)CC(=O)O. The molecule has 1 unspecified atom stereocenters. The number of amides is 1. The number of rotatable bonds is 10. The summed E-state index contributed by atoms with van der Waals surface area (Å²) in [6.45, 7) is 1.58. The van der Waals surface area contributed by atoms with E-state index in [0.29, 0.717) is 19.3 Å². The zero-order valence-corrected chi connectivity index (χ0v) is 11.3. The molecule has 0 radical (unpaired) electrons. The van der Waals surface area contributed by atoms with Crippen LogP contribution < -0.4 is 0 Å². The minimum absolute atomic E-state index is 0.144. The van der Waals surface area contributed by atoms with E-state index in [2.05, 4.69) is 0 Å². The van der Waals surface area contributed by atoms with E-state index in [4.69, 9.17) is 5.11 Å². The van der Waals surface area contributed by atoms with Crippen molar-refractivity contribution in [3.8, 4) is 0 Å². The summed E-state index contributed by atoms with van der Waals surface area (Å²) in [6.07, 6.45) is 4.26. The molecule has 0 fully saturated rings. The number of unbranched alkanes of at least 4 members (excludes halogenated alkanes) is 3. The van der Waals surface area contributed by atoms with E-state index in [0.717, 1.165) is 25.7 Å². The molecule has 1 atom stereocenters. The molecular weight excluding hydrogens is 237 g/mol. The third-order valence-electron chi connectivity index (χ3n) is 2.90. The number of nitrogens with zero attached hydrogens (tertiary/aromatic N) is 1. The summed E-state index contributed by atoms with van der Waals surface area (Å²) in [5, 5.41) is 8.52. The lowest BCUT2D eigenvalue weighted by molar-refractivity contribution is -0.143. The van der Waals surface area contributed by atoms with Crippen LogP contribution in [-0.2, 0) is 9.59 Å². The van der Waals surface area contributed by atoms with Crippen molar-refractivity contribution in [2.75, 3.05) is 13.6 Å². The Morgan fingerprint density at radius 2 is 1.83 bits per heavy atom. The van der Waals surface area contributed by atoms with E-state index in [1.165, 1.54) is 11.9 Å². The number of carbonyl (C=O) groups is 2. The minimum Gasteiger partial charge on any atom is -0.480 e. The second kappa shape index (κ2) is 9.85. The fraction of sp³-hybridized carbons (Fsp3) is 0.846. The van der Waals surface area contributed by atoms with Crippen molar-refractivity contribution in [1.29, 1.82) is 0 Å². The van der Waals surface area contributed by atoms with Gasteiger partial charge in [0.2, 0.25) is 5.91 Å². The van der Waals surface area contributed by atoms with E-state index in [1.54, 1.807) is 0 Å². The molecule has 0 rings (SSSR count). The van der Waals surface area contributed by atoms with Gasteiger partial charge in [-0.3, -0.25) is 9.59 Å². The van der Waals surface area contributed by atoms with Crippen LogP contribution in [0.5, 0.6) is 0 Å². The lowest BCUT2D eigenvalue weighted by atomic mass is 10.1. The molecule has 0 aliphatic rings. The van der Waals surface area contributed by atoms with Crippen molar-refractivity contribution in [3.63, 3.8) is 0 Å². The topological polar surface area (TPSA) is 57.6 Å². The molecule has 1 amide bonds. The number of alkyl halides is 1. The number of hydrogen-bond donors (Lipinski definition) is 1. The summed E-state index contributed by atoms with van der Waals surface area (Å²) in [5.41, 5.74) is 0. The summed E-state index contributed by atoms with van der Waals surface area (Å²) < 4.78 is 12.9. The number of likely N-dealkylation sites (N-methyl/N-ethyl adjacent to an activating group) is 1. The lowest BCUT2D eigenvalue weighted by Gasteiger charge is -2.14. The average molecular weight is 261 g/mol. The van der Waals surface area contributed by atoms with E-state index >= 15 is 0 Å². The first-order valence-corrected chi connectivity index (χ1v) is 6.57. The van der Waals surface area contributed by atoms with E-state index in [1.807, 2.05) is 6.92 Å². The average Bonchev–Trinajstić information content (AvgIpc) is 2.31. The van der Waals surface area contributed by atoms with Crippen molar-refractivity contribution < 1.29 is 19.1 Å². The normalized spacial score (nSPS) is 12.2. The van der Waals surface area contributed by atoms with Gasteiger partial charge in [0.25, 0.3) is 0 Å². The van der Waals surface area contributed by atoms with Crippen molar-refractivity contribution in [2.24, 2.45) is 0 Å². The molecular formula is C13H24FNO3. The third-order valence-corrected chi connectivity index (χ3v) is 2.90. The summed E-state index contributed by atoms with van der Waals surface area (Å²) in [6, 6.07) is 0. The minimum atomic E-state index is -1.00. The van der Waals surface area contributed by atoms with Crippen molar-refractivity contribution in [2.45, 2.75) is 58.0 Å². The first-order valence-electron chi connectivity index (χ1n) is 6.57. The molecule has 0 spiro atoms. The predicted molar refractivity (Wildman–Crippen MR) is 68.2 cm³/mol. The van der Waals surface area contributed by atoms with Crippen LogP contribution in [0.1, 0.15) is 51.9 Å². The van der Waals surface area contributed by atoms with Crippen LogP contribution in [0.2, 0.25) is 0 Å². The van der Waals surface area contributed by atoms with Crippen LogP contribution in [0.3, 0.4) is 0 Å². The first kappa shape index (κ1) is 16.9. The van der Waals surface area contributed by atoms with Gasteiger partial charge in [0.15, 0.2) is 0 Å². The number of hydrogen-bond acceptors (Lipinski definition) is 2. The Balaban J connectivity index is 3.48. The Bertz CT molecular complexity index is 259. The highest BCUT2D eigenvalue weighted by Crippen LogP contribution is 2.11. The van der Waals surface area contributed by atoms with E-state index in [9.17, 15) is 14.0 Å². The molecule has 0 aromatic heterocycles. The third kappa shape index (κ3) is 8.96. The summed E-state index contributed by atoms with van der Waals surface area (Å²) in [4.78, 5) is 23.1. The van der Waals surface area contributed by atoms with Gasteiger partial charge in [-0.25, -0.2) is 4.39 Å². The van der Waals surface area contributed by atoms with E-state index in [-0.39, 0.29) is 12.5 Å². The van der Waals surface area contributed by atoms with Crippen LogP contribution in [-0.4, -0.2) is 41.6 Å². The molecule has 106 valence electrons. The Morgan fingerprint density at radius 1 is 1.22 bits per heavy atom. The van der Waals surface area contributed by atoms with Gasteiger partial charge in [-0.05, 0) is 19.3 Å². The first-order chi connectivity index (χ1) is 8.47. The maximum Gasteiger partial charge on any atom is 0.323 e. The maximum atomic E-state index is 12.9. The van der Waals surface area contributed by atoms with Gasteiger partial charge >= 0.3 is 5.97 Å². The fourth-order valence-corrected chi connectivity index (χ4v) is 1.68. The molecule has 0 heterocycles. The van der Waals surface area contributed by atoms with Gasteiger partial charge in [-0.15, -0.1) is 0 Å². The summed E-state index contributed by atoms with van der Waals surface area (Å²) >= 11 is 0. The van der Waals surface area contributed by atoms with E-state index < -0.39 is 12.1 Å². The number of carboxylic acid groups (broad SMARTS) is 1. The predicted octanol–water partition coefficient (Wildman–Crippen LogP) is 2.62. The van der Waals surface area contributed by atoms with Crippen molar-refractivity contribution in [1.82, 2.24) is 4.90 Å². The van der Waals surface area contributed by atoms with Crippen LogP contribution in [0.15, 0.2) is 0 Å². The molecule has 0 aliphatic heterocycles. The van der Waals surface area contributed by atoms with Crippen LogP contribution in [0.25, 0.3) is 0 Å². The second-order valence-electron chi connectivity index (χ2n) is 4.60. The molecule has 1 N–H and O–H groups in total.